The van der Waals surface area contributed by atoms with Crippen molar-refractivity contribution in [3.8, 4) is 0 Å². The Hall–Kier alpha value is -2.40. The van der Waals surface area contributed by atoms with Gasteiger partial charge in [-0.15, -0.1) is 0 Å². The van der Waals surface area contributed by atoms with Crippen molar-refractivity contribution in [1.82, 2.24) is 10.6 Å². The van der Waals surface area contributed by atoms with Gasteiger partial charge in [0.2, 0.25) is 0 Å². The second-order valence-electron chi connectivity index (χ2n) is 5.68. The van der Waals surface area contributed by atoms with Crippen LogP contribution in [0.4, 0.5) is 4.39 Å². The summed E-state index contributed by atoms with van der Waals surface area (Å²) in [4.78, 5) is 4.22. The third-order valence-corrected chi connectivity index (χ3v) is 3.80. The van der Waals surface area contributed by atoms with Crippen LogP contribution in [0.2, 0.25) is 0 Å². The van der Waals surface area contributed by atoms with Crippen molar-refractivity contribution >= 4 is 5.96 Å². The third kappa shape index (κ3) is 6.93. The summed E-state index contributed by atoms with van der Waals surface area (Å²) in [5.74, 6) is 0.543. The van der Waals surface area contributed by atoms with Crippen molar-refractivity contribution in [1.29, 1.82) is 0 Å². The van der Waals surface area contributed by atoms with Crippen LogP contribution in [-0.4, -0.2) is 26.2 Å². The predicted octanol–water partition coefficient (Wildman–Crippen LogP) is 3.27. The van der Waals surface area contributed by atoms with E-state index in [-0.39, 0.29) is 5.82 Å². The van der Waals surface area contributed by atoms with E-state index in [1.807, 2.05) is 6.92 Å². The molecule has 0 aliphatic heterocycles. The third-order valence-electron chi connectivity index (χ3n) is 3.80. The SMILES string of the molecule is CCOCc1ccc(CNC(=NC)NCCc2ccc(F)cc2)cc1. The van der Waals surface area contributed by atoms with Crippen molar-refractivity contribution in [3.05, 3.63) is 71.0 Å². The Balaban J connectivity index is 1.73. The highest BCUT2D eigenvalue weighted by molar-refractivity contribution is 5.79. The van der Waals surface area contributed by atoms with Crippen molar-refractivity contribution in [2.45, 2.75) is 26.5 Å². The molecular weight excluding hydrogens is 317 g/mol. The smallest absolute Gasteiger partial charge is 0.191 e. The predicted molar refractivity (Wildman–Crippen MR) is 100 cm³/mol. The number of hydrogen-bond acceptors (Lipinski definition) is 2. The van der Waals surface area contributed by atoms with Gasteiger partial charge >= 0.3 is 0 Å². The molecule has 2 rings (SSSR count). The molecule has 0 bridgehead atoms. The van der Waals surface area contributed by atoms with E-state index >= 15 is 0 Å². The molecule has 4 nitrogen and oxygen atoms in total. The fourth-order valence-corrected chi connectivity index (χ4v) is 2.36. The van der Waals surface area contributed by atoms with Gasteiger partial charge in [0.05, 0.1) is 6.61 Å². The molecule has 0 aliphatic carbocycles. The molecule has 0 fully saturated rings. The lowest BCUT2D eigenvalue weighted by molar-refractivity contribution is 0.134. The van der Waals surface area contributed by atoms with Gasteiger partial charge in [-0.25, -0.2) is 4.39 Å². The Bertz CT molecular complexity index is 654. The van der Waals surface area contributed by atoms with E-state index in [1.165, 1.54) is 23.3 Å². The number of nitrogens with one attached hydrogen (secondary N) is 2. The molecule has 2 aromatic rings. The normalized spacial score (nSPS) is 11.4. The molecular formula is C20H26FN3O. The van der Waals surface area contributed by atoms with Crippen LogP contribution in [0, 0.1) is 5.82 Å². The lowest BCUT2D eigenvalue weighted by Crippen LogP contribution is -2.37. The molecule has 0 saturated heterocycles. The molecule has 0 radical (unpaired) electrons. The quantitative estimate of drug-likeness (QED) is 0.571. The number of rotatable bonds is 8. The number of guanidine groups is 1. The van der Waals surface area contributed by atoms with Gasteiger partial charge in [0.25, 0.3) is 0 Å². The van der Waals surface area contributed by atoms with E-state index in [9.17, 15) is 4.39 Å². The number of nitrogens with zero attached hydrogens (tertiary/aromatic N) is 1. The molecule has 0 amide bonds. The number of ether oxygens (including phenoxy) is 1. The van der Waals surface area contributed by atoms with Crippen molar-refractivity contribution in [2.24, 2.45) is 4.99 Å². The minimum Gasteiger partial charge on any atom is -0.377 e. The summed E-state index contributed by atoms with van der Waals surface area (Å²) in [6.07, 6.45) is 0.813. The highest BCUT2D eigenvalue weighted by Gasteiger charge is 2.00. The molecule has 0 aromatic heterocycles. The zero-order valence-electron chi connectivity index (χ0n) is 14.9. The minimum atomic E-state index is -0.207. The van der Waals surface area contributed by atoms with Crippen molar-refractivity contribution < 1.29 is 9.13 Å². The molecule has 0 unspecified atom stereocenters. The van der Waals surface area contributed by atoms with Crippen LogP contribution < -0.4 is 10.6 Å². The second-order valence-corrected chi connectivity index (χ2v) is 5.68. The van der Waals surface area contributed by atoms with Gasteiger partial charge in [0.1, 0.15) is 5.82 Å². The molecule has 0 spiro atoms. The zero-order chi connectivity index (χ0) is 17.9. The summed E-state index contributed by atoms with van der Waals surface area (Å²) in [6.45, 7) is 4.80. The van der Waals surface area contributed by atoms with Crippen molar-refractivity contribution in [3.63, 3.8) is 0 Å². The fourth-order valence-electron chi connectivity index (χ4n) is 2.36. The molecule has 134 valence electrons. The molecule has 0 saturated carbocycles. The van der Waals surface area contributed by atoms with E-state index in [4.69, 9.17) is 4.74 Å². The van der Waals surface area contributed by atoms with Crippen LogP contribution >= 0.6 is 0 Å². The summed E-state index contributed by atoms with van der Waals surface area (Å²) in [5.41, 5.74) is 3.45. The summed E-state index contributed by atoms with van der Waals surface area (Å²) in [5, 5.41) is 6.56. The standard InChI is InChI=1S/C20H26FN3O/c1-3-25-15-18-6-4-17(5-7-18)14-24-20(22-2)23-13-12-16-8-10-19(21)11-9-16/h4-11H,3,12-15H2,1-2H3,(H2,22,23,24). The number of hydrogen-bond donors (Lipinski definition) is 2. The maximum atomic E-state index is 12.9. The Kier molecular flexibility index (Phi) is 7.92. The van der Waals surface area contributed by atoms with Crippen LogP contribution in [-0.2, 0) is 24.3 Å². The average molecular weight is 343 g/mol. The van der Waals surface area contributed by atoms with E-state index < -0.39 is 0 Å². The minimum absolute atomic E-state index is 0.207. The monoisotopic (exact) mass is 343 g/mol. The fraction of sp³-hybridized carbons (Fsp3) is 0.350. The lowest BCUT2D eigenvalue weighted by atomic mass is 10.1. The summed E-state index contributed by atoms with van der Waals surface area (Å²) < 4.78 is 18.3. The molecule has 25 heavy (non-hydrogen) atoms. The first-order valence-electron chi connectivity index (χ1n) is 8.55. The second kappa shape index (κ2) is 10.5. The first-order chi connectivity index (χ1) is 12.2. The maximum Gasteiger partial charge on any atom is 0.191 e. The van der Waals surface area contributed by atoms with E-state index in [0.717, 1.165) is 31.1 Å². The van der Waals surface area contributed by atoms with Crippen LogP contribution in [0.3, 0.4) is 0 Å². The Labute approximate surface area is 149 Å². The Morgan fingerprint density at radius 3 is 2.24 bits per heavy atom. The van der Waals surface area contributed by atoms with Crippen LogP contribution in [0.5, 0.6) is 0 Å². The highest BCUT2D eigenvalue weighted by Crippen LogP contribution is 2.06. The van der Waals surface area contributed by atoms with Crippen LogP contribution in [0.15, 0.2) is 53.5 Å². The summed E-state index contributed by atoms with van der Waals surface area (Å²) in [7, 11) is 1.75. The number of benzene rings is 2. The van der Waals surface area contributed by atoms with Gasteiger partial charge < -0.3 is 15.4 Å². The largest absolute Gasteiger partial charge is 0.377 e. The summed E-state index contributed by atoms with van der Waals surface area (Å²) >= 11 is 0. The van der Waals surface area contributed by atoms with E-state index in [0.29, 0.717) is 13.2 Å². The van der Waals surface area contributed by atoms with Gasteiger partial charge in [0, 0.05) is 26.7 Å². The number of halogens is 1. The van der Waals surface area contributed by atoms with Gasteiger partial charge in [-0.3, -0.25) is 4.99 Å². The Morgan fingerprint density at radius 1 is 0.960 bits per heavy atom. The molecule has 5 heteroatoms. The molecule has 0 atom stereocenters. The van der Waals surface area contributed by atoms with Crippen molar-refractivity contribution in [2.75, 3.05) is 20.2 Å². The van der Waals surface area contributed by atoms with Gasteiger partial charge in [-0.1, -0.05) is 36.4 Å². The molecule has 0 heterocycles. The van der Waals surface area contributed by atoms with E-state index in [2.05, 4.69) is 39.9 Å². The topological polar surface area (TPSA) is 45.6 Å². The molecule has 0 aliphatic rings. The molecule has 2 aromatic carbocycles. The van der Waals surface area contributed by atoms with Crippen LogP contribution in [0.1, 0.15) is 23.6 Å². The maximum absolute atomic E-state index is 12.9. The van der Waals surface area contributed by atoms with Crippen LogP contribution in [0.25, 0.3) is 0 Å². The highest BCUT2D eigenvalue weighted by atomic mass is 19.1. The van der Waals surface area contributed by atoms with Gasteiger partial charge in [0.15, 0.2) is 5.96 Å². The number of aliphatic imine (C=N–C) groups is 1. The van der Waals surface area contributed by atoms with Gasteiger partial charge in [-0.2, -0.15) is 0 Å². The first kappa shape index (κ1) is 18.9. The lowest BCUT2D eigenvalue weighted by Gasteiger charge is -2.12. The zero-order valence-corrected chi connectivity index (χ0v) is 14.9. The Morgan fingerprint density at radius 2 is 1.60 bits per heavy atom. The van der Waals surface area contributed by atoms with Gasteiger partial charge in [-0.05, 0) is 42.2 Å². The molecule has 2 N–H and O–H groups in total. The average Bonchev–Trinajstić information content (AvgIpc) is 2.65. The first-order valence-corrected chi connectivity index (χ1v) is 8.55. The van der Waals surface area contributed by atoms with E-state index in [1.54, 1.807) is 19.2 Å². The summed E-state index contributed by atoms with van der Waals surface area (Å²) in [6, 6.07) is 14.9.